The zero-order chi connectivity index (χ0) is 11.5. The molecule has 0 aromatic rings. The van der Waals surface area contributed by atoms with Gasteiger partial charge in [0.25, 0.3) is 0 Å². The maximum Gasteiger partial charge on any atom is 0.239 e. The third-order valence-electron chi connectivity index (χ3n) is 3.94. The van der Waals surface area contributed by atoms with Crippen molar-refractivity contribution >= 4 is 18.3 Å². The minimum absolute atomic E-state index is 0. The predicted molar refractivity (Wildman–Crippen MR) is 72.4 cm³/mol. The number of likely N-dealkylation sites (N-methyl/N-ethyl adjacent to an activating group) is 1. The van der Waals surface area contributed by atoms with Crippen LogP contribution in [-0.4, -0.2) is 36.5 Å². The molecule has 3 atom stereocenters. The standard InChI is InChI=1S/C13H22N2O.ClH/c1-3-8-15(2)13(16)12-9-10-6-4-5-7-11(10)14-12;/h3,10-12,14H,1,4-9H2,2H3;1H. The fourth-order valence-electron chi connectivity index (χ4n) is 3.06. The van der Waals surface area contributed by atoms with Crippen LogP contribution in [0.5, 0.6) is 0 Å². The van der Waals surface area contributed by atoms with Gasteiger partial charge in [-0.25, -0.2) is 0 Å². The fraction of sp³-hybridized carbons (Fsp3) is 0.769. The normalized spacial score (nSPS) is 31.2. The Balaban J connectivity index is 0.00000144. The van der Waals surface area contributed by atoms with Crippen molar-refractivity contribution in [2.75, 3.05) is 13.6 Å². The molecule has 3 nitrogen and oxygen atoms in total. The quantitative estimate of drug-likeness (QED) is 0.785. The van der Waals surface area contributed by atoms with Gasteiger partial charge in [0.2, 0.25) is 5.91 Å². The largest absolute Gasteiger partial charge is 0.341 e. The number of carbonyl (C=O) groups excluding carboxylic acids is 1. The Morgan fingerprint density at radius 3 is 2.82 bits per heavy atom. The van der Waals surface area contributed by atoms with Gasteiger partial charge in [-0.1, -0.05) is 18.9 Å². The highest BCUT2D eigenvalue weighted by molar-refractivity contribution is 5.85. The van der Waals surface area contributed by atoms with E-state index in [1.54, 1.807) is 11.0 Å². The van der Waals surface area contributed by atoms with Crippen LogP contribution in [-0.2, 0) is 4.79 Å². The molecule has 1 saturated carbocycles. The van der Waals surface area contributed by atoms with Crippen LogP contribution in [0.3, 0.4) is 0 Å². The topological polar surface area (TPSA) is 32.3 Å². The lowest BCUT2D eigenvalue weighted by molar-refractivity contribution is -0.131. The average Bonchev–Trinajstić information content (AvgIpc) is 2.71. The van der Waals surface area contributed by atoms with Gasteiger partial charge < -0.3 is 10.2 Å². The number of hydrogen-bond donors (Lipinski definition) is 1. The number of carbonyl (C=O) groups is 1. The van der Waals surface area contributed by atoms with E-state index < -0.39 is 0 Å². The predicted octanol–water partition coefficient (Wildman–Crippen LogP) is 1.97. The number of rotatable bonds is 3. The molecule has 0 aromatic carbocycles. The molecule has 0 bridgehead atoms. The summed E-state index contributed by atoms with van der Waals surface area (Å²) in [6, 6.07) is 0.651. The summed E-state index contributed by atoms with van der Waals surface area (Å²) in [7, 11) is 1.85. The molecule has 1 aliphatic carbocycles. The monoisotopic (exact) mass is 258 g/mol. The van der Waals surface area contributed by atoms with Crippen molar-refractivity contribution in [2.45, 2.75) is 44.2 Å². The van der Waals surface area contributed by atoms with Crippen LogP contribution in [0.15, 0.2) is 12.7 Å². The summed E-state index contributed by atoms with van der Waals surface area (Å²) in [4.78, 5) is 13.9. The first-order valence-corrected chi connectivity index (χ1v) is 6.34. The van der Waals surface area contributed by atoms with Crippen LogP contribution in [0.4, 0.5) is 0 Å². The van der Waals surface area contributed by atoms with Crippen LogP contribution in [0.1, 0.15) is 32.1 Å². The Kier molecular flexibility index (Phi) is 5.47. The second-order valence-electron chi connectivity index (χ2n) is 5.11. The smallest absolute Gasteiger partial charge is 0.239 e. The number of nitrogens with zero attached hydrogens (tertiary/aromatic N) is 1. The second kappa shape index (κ2) is 6.41. The van der Waals surface area contributed by atoms with Crippen molar-refractivity contribution in [3.05, 3.63) is 12.7 Å². The second-order valence-corrected chi connectivity index (χ2v) is 5.11. The van der Waals surface area contributed by atoms with Crippen molar-refractivity contribution < 1.29 is 4.79 Å². The van der Waals surface area contributed by atoms with E-state index in [1.165, 1.54) is 25.7 Å². The molecule has 1 aliphatic heterocycles. The number of hydrogen-bond acceptors (Lipinski definition) is 2. The maximum atomic E-state index is 12.1. The molecule has 0 radical (unpaired) electrons. The molecule has 1 saturated heterocycles. The van der Waals surface area contributed by atoms with Crippen molar-refractivity contribution in [3.63, 3.8) is 0 Å². The molecule has 4 heteroatoms. The van der Waals surface area contributed by atoms with Gasteiger partial charge in [0.1, 0.15) is 0 Å². The molecule has 17 heavy (non-hydrogen) atoms. The summed E-state index contributed by atoms with van der Waals surface area (Å²) in [6.07, 6.45) is 8.01. The molecule has 1 N–H and O–H groups in total. The molecule has 2 aliphatic rings. The van der Waals surface area contributed by atoms with Crippen molar-refractivity contribution in [1.82, 2.24) is 10.2 Å². The average molecular weight is 259 g/mol. The fourth-order valence-corrected chi connectivity index (χ4v) is 3.06. The molecule has 0 aromatic heterocycles. The minimum Gasteiger partial charge on any atom is -0.341 e. The van der Waals surface area contributed by atoms with Gasteiger partial charge in [-0.05, 0) is 25.2 Å². The van der Waals surface area contributed by atoms with E-state index >= 15 is 0 Å². The van der Waals surface area contributed by atoms with Gasteiger partial charge in [-0.2, -0.15) is 0 Å². The maximum absolute atomic E-state index is 12.1. The number of amides is 1. The summed E-state index contributed by atoms with van der Waals surface area (Å²) < 4.78 is 0. The van der Waals surface area contributed by atoms with Crippen LogP contribution in [0, 0.1) is 5.92 Å². The van der Waals surface area contributed by atoms with Gasteiger partial charge in [0, 0.05) is 19.6 Å². The Morgan fingerprint density at radius 2 is 2.18 bits per heavy atom. The SMILES string of the molecule is C=CCN(C)C(=O)C1CC2CCCCC2N1.Cl. The zero-order valence-electron chi connectivity index (χ0n) is 10.5. The van der Waals surface area contributed by atoms with E-state index in [0.717, 1.165) is 12.3 Å². The highest BCUT2D eigenvalue weighted by Crippen LogP contribution is 2.33. The van der Waals surface area contributed by atoms with Gasteiger partial charge in [-0.3, -0.25) is 4.79 Å². The Bertz CT molecular complexity index is 269. The first-order chi connectivity index (χ1) is 7.72. The van der Waals surface area contributed by atoms with Gasteiger partial charge in [0.05, 0.1) is 6.04 Å². The van der Waals surface area contributed by atoms with Gasteiger partial charge >= 0.3 is 0 Å². The molecular formula is C13H23ClN2O. The Labute approximate surface area is 110 Å². The van der Waals surface area contributed by atoms with Crippen molar-refractivity contribution in [1.29, 1.82) is 0 Å². The van der Waals surface area contributed by atoms with E-state index in [4.69, 9.17) is 0 Å². The summed E-state index contributed by atoms with van der Waals surface area (Å²) in [5.41, 5.74) is 0. The molecule has 3 unspecified atom stereocenters. The van der Waals surface area contributed by atoms with Crippen LogP contribution < -0.4 is 5.32 Å². The molecular weight excluding hydrogens is 236 g/mol. The molecule has 98 valence electrons. The minimum atomic E-state index is 0. The van der Waals surface area contributed by atoms with E-state index in [2.05, 4.69) is 11.9 Å². The van der Waals surface area contributed by atoms with Crippen LogP contribution >= 0.6 is 12.4 Å². The molecule has 1 heterocycles. The van der Waals surface area contributed by atoms with Crippen LogP contribution in [0.25, 0.3) is 0 Å². The summed E-state index contributed by atoms with van der Waals surface area (Å²) in [5.74, 6) is 0.967. The lowest BCUT2D eigenvalue weighted by Crippen LogP contribution is -2.44. The third kappa shape index (κ3) is 3.23. The Morgan fingerprint density at radius 1 is 1.47 bits per heavy atom. The first kappa shape index (κ1) is 14.5. The molecule has 0 spiro atoms. The first-order valence-electron chi connectivity index (χ1n) is 6.34. The zero-order valence-corrected chi connectivity index (χ0v) is 11.3. The summed E-state index contributed by atoms with van der Waals surface area (Å²) in [6.45, 7) is 4.31. The molecule has 1 amide bonds. The molecule has 2 rings (SSSR count). The van der Waals surface area contributed by atoms with E-state index in [1.807, 2.05) is 7.05 Å². The van der Waals surface area contributed by atoms with Crippen molar-refractivity contribution in [2.24, 2.45) is 5.92 Å². The van der Waals surface area contributed by atoms with Crippen molar-refractivity contribution in [3.8, 4) is 0 Å². The lowest BCUT2D eigenvalue weighted by Gasteiger charge is -2.24. The third-order valence-corrected chi connectivity index (χ3v) is 3.94. The number of fused-ring (bicyclic) bond motifs is 1. The molecule has 2 fully saturated rings. The van der Waals surface area contributed by atoms with E-state index in [-0.39, 0.29) is 24.4 Å². The highest BCUT2D eigenvalue weighted by Gasteiger charge is 2.38. The van der Waals surface area contributed by atoms with E-state index in [0.29, 0.717) is 12.6 Å². The highest BCUT2D eigenvalue weighted by atomic mass is 35.5. The Hall–Kier alpha value is -0.540. The summed E-state index contributed by atoms with van der Waals surface area (Å²) >= 11 is 0. The number of halogens is 1. The van der Waals surface area contributed by atoms with Crippen LogP contribution in [0.2, 0.25) is 0 Å². The number of nitrogens with one attached hydrogen (secondary N) is 1. The van der Waals surface area contributed by atoms with Gasteiger partial charge in [0.15, 0.2) is 0 Å². The van der Waals surface area contributed by atoms with E-state index in [9.17, 15) is 4.79 Å². The summed E-state index contributed by atoms with van der Waals surface area (Å²) in [5, 5.41) is 3.51. The van der Waals surface area contributed by atoms with Gasteiger partial charge in [-0.15, -0.1) is 19.0 Å². The lowest BCUT2D eigenvalue weighted by atomic mass is 9.85.